The third-order valence-corrected chi connectivity index (χ3v) is 3.27. The SMILES string of the molecule is Cc1cccc(C(N)c2cccc3nccnc23)c1. The highest BCUT2D eigenvalue weighted by Crippen LogP contribution is 2.25. The molecule has 94 valence electrons. The predicted octanol–water partition coefficient (Wildman–Crippen LogP) is 2.99. The van der Waals surface area contributed by atoms with Gasteiger partial charge < -0.3 is 5.73 Å². The lowest BCUT2D eigenvalue weighted by atomic mass is 9.97. The average molecular weight is 249 g/mol. The summed E-state index contributed by atoms with van der Waals surface area (Å²) in [6.07, 6.45) is 3.40. The lowest BCUT2D eigenvalue weighted by Crippen LogP contribution is -2.13. The number of para-hydroxylation sites is 1. The molecule has 3 heteroatoms. The van der Waals surface area contributed by atoms with E-state index in [1.807, 2.05) is 30.3 Å². The Balaban J connectivity index is 2.14. The maximum Gasteiger partial charge on any atom is 0.0937 e. The quantitative estimate of drug-likeness (QED) is 0.759. The fourth-order valence-corrected chi connectivity index (χ4v) is 2.31. The molecule has 2 N–H and O–H groups in total. The van der Waals surface area contributed by atoms with Gasteiger partial charge in [0.2, 0.25) is 0 Å². The fourth-order valence-electron chi connectivity index (χ4n) is 2.31. The van der Waals surface area contributed by atoms with Gasteiger partial charge in [-0.15, -0.1) is 0 Å². The Morgan fingerprint density at radius 1 is 1.00 bits per heavy atom. The summed E-state index contributed by atoms with van der Waals surface area (Å²) >= 11 is 0. The summed E-state index contributed by atoms with van der Waals surface area (Å²) in [4.78, 5) is 8.73. The molecule has 0 fully saturated rings. The standard InChI is InChI=1S/C16H15N3/c1-11-4-2-5-12(10-11)15(17)13-6-3-7-14-16(13)19-9-8-18-14/h2-10,15H,17H2,1H3. The molecule has 0 amide bonds. The highest BCUT2D eigenvalue weighted by atomic mass is 14.8. The van der Waals surface area contributed by atoms with Crippen molar-refractivity contribution in [1.29, 1.82) is 0 Å². The molecule has 3 aromatic rings. The van der Waals surface area contributed by atoms with Crippen molar-refractivity contribution in [2.24, 2.45) is 5.73 Å². The maximum absolute atomic E-state index is 6.38. The Bertz CT molecular complexity index is 717. The molecule has 0 aliphatic heterocycles. The number of hydrogen-bond acceptors (Lipinski definition) is 3. The number of hydrogen-bond donors (Lipinski definition) is 1. The van der Waals surface area contributed by atoms with Gasteiger partial charge in [-0.2, -0.15) is 0 Å². The summed E-state index contributed by atoms with van der Waals surface area (Å²) in [5.41, 5.74) is 11.4. The molecule has 0 saturated carbocycles. The average Bonchev–Trinajstić information content (AvgIpc) is 2.46. The van der Waals surface area contributed by atoms with Crippen LogP contribution < -0.4 is 5.73 Å². The summed E-state index contributed by atoms with van der Waals surface area (Å²) < 4.78 is 0. The molecule has 0 aliphatic carbocycles. The van der Waals surface area contributed by atoms with Gasteiger partial charge in [-0.3, -0.25) is 9.97 Å². The van der Waals surface area contributed by atoms with Crippen LogP contribution in [0.3, 0.4) is 0 Å². The zero-order valence-corrected chi connectivity index (χ0v) is 10.7. The van der Waals surface area contributed by atoms with Gasteiger partial charge in [-0.05, 0) is 18.6 Å². The van der Waals surface area contributed by atoms with Gasteiger partial charge in [0.1, 0.15) is 0 Å². The fraction of sp³-hybridized carbons (Fsp3) is 0.125. The van der Waals surface area contributed by atoms with Crippen molar-refractivity contribution in [3.8, 4) is 0 Å². The second kappa shape index (κ2) is 4.78. The topological polar surface area (TPSA) is 51.8 Å². The second-order valence-electron chi connectivity index (χ2n) is 4.66. The first kappa shape index (κ1) is 11.8. The summed E-state index contributed by atoms with van der Waals surface area (Å²) in [6.45, 7) is 2.07. The Morgan fingerprint density at radius 3 is 2.63 bits per heavy atom. The van der Waals surface area contributed by atoms with E-state index < -0.39 is 0 Å². The molecular weight excluding hydrogens is 234 g/mol. The summed E-state index contributed by atoms with van der Waals surface area (Å²) in [5.74, 6) is 0. The number of fused-ring (bicyclic) bond motifs is 1. The van der Waals surface area contributed by atoms with Gasteiger partial charge in [0.15, 0.2) is 0 Å². The summed E-state index contributed by atoms with van der Waals surface area (Å²) in [6, 6.07) is 14.0. The highest BCUT2D eigenvalue weighted by molar-refractivity contribution is 5.78. The molecule has 2 aromatic carbocycles. The Labute approximate surface area is 112 Å². The molecular formula is C16H15N3. The minimum atomic E-state index is -0.180. The van der Waals surface area contributed by atoms with Crippen molar-refractivity contribution in [2.75, 3.05) is 0 Å². The van der Waals surface area contributed by atoms with E-state index in [1.165, 1.54) is 5.56 Å². The van der Waals surface area contributed by atoms with Gasteiger partial charge >= 0.3 is 0 Å². The molecule has 1 heterocycles. The number of rotatable bonds is 2. The van der Waals surface area contributed by atoms with Gasteiger partial charge in [0, 0.05) is 18.0 Å². The van der Waals surface area contributed by atoms with Crippen LogP contribution in [0.2, 0.25) is 0 Å². The third-order valence-electron chi connectivity index (χ3n) is 3.27. The monoisotopic (exact) mass is 249 g/mol. The molecule has 19 heavy (non-hydrogen) atoms. The highest BCUT2D eigenvalue weighted by Gasteiger charge is 2.13. The van der Waals surface area contributed by atoms with Crippen molar-refractivity contribution in [3.63, 3.8) is 0 Å². The Hall–Kier alpha value is -2.26. The van der Waals surface area contributed by atoms with Crippen LogP contribution in [0.25, 0.3) is 11.0 Å². The number of aromatic nitrogens is 2. The van der Waals surface area contributed by atoms with E-state index in [9.17, 15) is 0 Å². The van der Waals surface area contributed by atoms with Gasteiger partial charge in [0.25, 0.3) is 0 Å². The Kier molecular flexibility index (Phi) is 2.97. The van der Waals surface area contributed by atoms with Crippen molar-refractivity contribution in [1.82, 2.24) is 9.97 Å². The lowest BCUT2D eigenvalue weighted by Gasteiger charge is -2.14. The van der Waals surface area contributed by atoms with Crippen LogP contribution in [0, 0.1) is 6.92 Å². The van der Waals surface area contributed by atoms with Crippen LogP contribution in [0.15, 0.2) is 54.9 Å². The van der Waals surface area contributed by atoms with E-state index in [0.29, 0.717) is 0 Å². The van der Waals surface area contributed by atoms with Crippen LogP contribution in [0.4, 0.5) is 0 Å². The molecule has 0 saturated heterocycles. The van der Waals surface area contributed by atoms with Crippen molar-refractivity contribution >= 4 is 11.0 Å². The molecule has 1 aromatic heterocycles. The molecule has 0 bridgehead atoms. The minimum absolute atomic E-state index is 0.180. The molecule has 0 radical (unpaired) electrons. The van der Waals surface area contributed by atoms with Crippen LogP contribution in [0.1, 0.15) is 22.7 Å². The maximum atomic E-state index is 6.38. The van der Waals surface area contributed by atoms with E-state index in [-0.39, 0.29) is 6.04 Å². The number of aryl methyl sites for hydroxylation is 1. The molecule has 0 spiro atoms. The molecule has 0 aliphatic rings. The van der Waals surface area contributed by atoms with E-state index >= 15 is 0 Å². The van der Waals surface area contributed by atoms with Crippen molar-refractivity contribution in [3.05, 3.63) is 71.5 Å². The zero-order chi connectivity index (χ0) is 13.2. The first-order valence-corrected chi connectivity index (χ1v) is 6.27. The zero-order valence-electron chi connectivity index (χ0n) is 10.7. The van der Waals surface area contributed by atoms with Gasteiger partial charge in [0.05, 0.1) is 17.1 Å². The smallest absolute Gasteiger partial charge is 0.0937 e. The van der Waals surface area contributed by atoms with Crippen LogP contribution in [-0.4, -0.2) is 9.97 Å². The largest absolute Gasteiger partial charge is 0.320 e. The van der Waals surface area contributed by atoms with E-state index in [4.69, 9.17) is 5.73 Å². The summed E-state index contributed by atoms with van der Waals surface area (Å²) in [7, 11) is 0. The Morgan fingerprint density at radius 2 is 1.79 bits per heavy atom. The van der Waals surface area contributed by atoms with E-state index in [0.717, 1.165) is 22.2 Å². The van der Waals surface area contributed by atoms with E-state index in [1.54, 1.807) is 12.4 Å². The van der Waals surface area contributed by atoms with Crippen LogP contribution in [-0.2, 0) is 0 Å². The van der Waals surface area contributed by atoms with Gasteiger partial charge in [-0.25, -0.2) is 0 Å². The predicted molar refractivity (Wildman–Crippen MR) is 76.7 cm³/mol. The minimum Gasteiger partial charge on any atom is -0.320 e. The third kappa shape index (κ3) is 2.20. The molecule has 1 atom stereocenters. The van der Waals surface area contributed by atoms with Gasteiger partial charge in [-0.1, -0.05) is 42.0 Å². The second-order valence-corrected chi connectivity index (χ2v) is 4.66. The lowest BCUT2D eigenvalue weighted by molar-refractivity contribution is 0.874. The molecule has 1 unspecified atom stereocenters. The molecule has 3 rings (SSSR count). The normalized spacial score (nSPS) is 12.5. The number of nitrogens with two attached hydrogens (primary N) is 1. The first-order valence-electron chi connectivity index (χ1n) is 6.27. The van der Waals surface area contributed by atoms with Crippen LogP contribution >= 0.6 is 0 Å². The number of nitrogens with zero attached hydrogens (tertiary/aromatic N) is 2. The van der Waals surface area contributed by atoms with Crippen molar-refractivity contribution in [2.45, 2.75) is 13.0 Å². The molecule has 3 nitrogen and oxygen atoms in total. The van der Waals surface area contributed by atoms with E-state index in [2.05, 4.69) is 29.0 Å². The van der Waals surface area contributed by atoms with Crippen molar-refractivity contribution < 1.29 is 0 Å². The summed E-state index contributed by atoms with van der Waals surface area (Å²) in [5, 5.41) is 0. The van der Waals surface area contributed by atoms with Crippen LogP contribution in [0.5, 0.6) is 0 Å². The first-order chi connectivity index (χ1) is 9.25. The number of benzene rings is 2.